The molecule has 4 nitrogen and oxygen atoms in total. The highest BCUT2D eigenvalue weighted by atomic mass is 35.5. The Kier molecular flexibility index (Phi) is 5.97. The van der Waals surface area contributed by atoms with Gasteiger partial charge in [0.2, 0.25) is 0 Å². The fraction of sp³-hybridized carbons (Fsp3) is 0.174. The first-order chi connectivity index (χ1) is 14.2. The van der Waals surface area contributed by atoms with Crippen LogP contribution in [0.5, 0.6) is 0 Å². The first kappa shape index (κ1) is 19.7. The van der Waals surface area contributed by atoms with Crippen molar-refractivity contribution in [2.24, 2.45) is 0 Å². The first-order valence-corrected chi connectivity index (χ1v) is 10.8. The van der Waals surface area contributed by atoms with Gasteiger partial charge in [0.25, 0.3) is 0 Å². The van der Waals surface area contributed by atoms with E-state index in [0.29, 0.717) is 22.8 Å². The molecule has 0 fully saturated rings. The fourth-order valence-electron chi connectivity index (χ4n) is 3.34. The third-order valence-corrected chi connectivity index (χ3v) is 6.06. The lowest BCUT2D eigenvalue weighted by atomic mass is 10.0. The van der Waals surface area contributed by atoms with E-state index in [0.717, 1.165) is 17.5 Å². The summed E-state index contributed by atoms with van der Waals surface area (Å²) in [6, 6.07) is 21.7. The smallest absolute Gasteiger partial charge is 0.191 e. The van der Waals surface area contributed by atoms with Gasteiger partial charge in [0.05, 0.1) is 5.75 Å². The summed E-state index contributed by atoms with van der Waals surface area (Å²) in [5.74, 6) is 1.27. The van der Waals surface area contributed by atoms with Gasteiger partial charge in [0.1, 0.15) is 5.82 Å². The summed E-state index contributed by atoms with van der Waals surface area (Å²) in [6.07, 6.45) is 0.702. The summed E-state index contributed by atoms with van der Waals surface area (Å²) < 4.78 is 2.08. The van der Waals surface area contributed by atoms with E-state index in [2.05, 4.69) is 58.1 Å². The van der Waals surface area contributed by atoms with Crippen molar-refractivity contribution in [3.05, 3.63) is 88.7 Å². The summed E-state index contributed by atoms with van der Waals surface area (Å²) >= 11 is 7.32. The van der Waals surface area contributed by atoms with Gasteiger partial charge in [0, 0.05) is 23.6 Å². The highest BCUT2D eigenvalue weighted by Gasteiger charge is 2.15. The molecule has 4 aromatic rings. The van der Waals surface area contributed by atoms with E-state index in [4.69, 9.17) is 11.6 Å². The minimum atomic E-state index is 0.0490. The van der Waals surface area contributed by atoms with Gasteiger partial charge in [-0.15, -0.1) is 10.2 Å². The number of aromatic nitrogens is 3. The molecule has 6 heteroatoms. The molecule has 0 aliphatic carbocycles. The van der Waals surface area contributed by atoms with Gasteiger partial charge in [0.15, 0.2) is 10.9 Å². The molecule has 0 amide bonds. The van der Waals surface area contributed by atoms with E-state index in [9.17, 15) is 4.79 Å². The van der Waals surface area contributed by atoms with Crippen LogP contribution in [0, 0.1) is 0 Å². The maximum Gasteiger partial charge on any atom is 0.191 e. The van der Waals surface area contributed by atoms with Gasteiger partial charge in [-0.2, -0.15) is 0 Å². The van der Waals surface area contributed by atoms with Crippen molar-refractivity contribution in [1.82, 2.24) is 14.8 Å². The van der Waals surface area contributed by atoms with Crippen LogP contribution >= 0.6 is 23.4 Å². The predicted octanol–water partition coefficient (Wildman–Crippen LogP) is 5.67. The molecule has 0 N–H and O–H groups in total. The molecule has 29 heavy (non-hydrogen) atoms. The molecule has 0 unspecified atom stereocenters. The number of halogens is 1. The minimum absolute atomic E-state index is 0.0490. The van der Waals surface area contributed by atoms with Gasteiger partial charge < -0.3 is 4.57 Å². The van der Waals surface area contributed by atoms with Gasteiger partial charge in [-0.25, -0.2) is 0 Å². The van der Waals surface area contributed by atoms with Crippen molar-refractivity contribution < 1.29 is 4.79 Å². The molecule has 1 aromatic heterocycles. The third kappa shape index (κ3) is 4.36. The molecule has 0 aliphatic rings. The van der Waals surface area contributed by atoms with E-state index in [1.54, 1.807) is 24.3 Å². The molecule has 0 saturated carbocycles. The molecule has 0 aliphatic heterocycles. The molecule has 0 atom stereocenters. The Labute approximate surface area is 178 Å². The number of carbonyl (C=O) groups excluding carboxylic acids is 1. The van der Waals surface area contributed by atoms with Crippen molar-refractivity contribution in [2.75, 3.05) is 5.75 Å². The molecule has 0 saturated heterocycles. The maximum absolute atomic E-state index is 12.5. The number of fused-ring (bicyclic) bond motifs is 1. The predicted molar refractivity (Wildman–Crippen MR) is 119 cm³/mol. The Hall–Kier alpha value is -2.63. The number of Topliss-reactive ketones (excluding diaryl/α,β-unsaturated/α-hetero) is 1. The summed E-state index contributed by atoms with van der Waals surface area (Å²) in [5.41, 5.74) is 1.87. The Morgan fingerprint density at radius 3 is 2.55 bits per heavy atom. The van der Waals surface area contributed by atoms with Crippen LogP contribution in [0.15, 0.2) is 71.9 Å². The highest BCUT2D eigenvalue weighted by molar-refractivity contribution is 7.99. The number of hydrogen-bond acceptors (Lipinski definition) is 4. The maximum atomic E-state index is 12.5. The highest BCUT2D eigenvalue weighted by Crippen LogP contribution is 2.24. The van der Waals surface area contributed by atoms with Crippen LogP contribution in [0.1, 0.15) is 28.7 Å². The number of carbonyl (C=O) groups is 1. The quantitative estimate of drug-likeness (QED) is 0.285. The Bertz CT molecular complexity index is 1150. The third-order valence-electron chi connectivity index (χ3n) is 4.84. The van der Waals surface area contributed by atoms with Crippen molar-refractivity contribution in [3.8, 4) is 0 Å². The minimum Gasteiger partial charge on any atom is -0.306 e. The molecular weight excluding hydrogens is 402 g/mol. The van der Waals surface area contributed by atoms with Crippen LogP contribution in [0.2, 0.25) is 5.02 Å². The Balaban J connectivity index is 1.52. The molecule has 146 valence electrons. The average Bonchev–Trinajstić information content (AvgIpc) is 3.14. The summed E-state index contributed by atoms with van der Waals surface area (Å²) in [6.45, 7) is 2.83. The molecule has 0 radical (unpaired) electrons. The zero-order chi connectivity index (χ0) is 20.2. The van der Waals surface area contributed by atoms with Crippen LogP contribution in [0.3, 0.4) is 0 Å². The Morgan fingerprint density at radius 1 is 1.00 bits per heavy atom. The van der Waals surface area contributed by atoms with Crippen LogP contribution in [0.4, 0.5) is 0 Å². The number of ketones is 1. The lowest BCUT2D eigenvalue weighted by Crippen LogP contribution is -2.07. The van der Waals surface area contributed by atoms with Gasteiger partial charge in [-0.3, -0.25) is 4.79 Å². The first-order valence-electron chi connectivity index (χ1n) is 9.46. The van der Waals surface area contributed by atoms with Gasteiger partial charge in [-0.05, 0) is 47.5 Å². The van der Waals surface area contributed by atoms with Crippen LogP contribution in [0.25, 0.3) is 10.8 Å². The summed E-state index contributed by atoms with van der Waals surface area (Å²) in [7, 11) is 0. The van der Waals surface area contributed by atoms with Gasteiger partial charge in [-0.1, -0.05) is 65.8 Å². The molecule has 1 heterocycles. The largest absolute Gasteiger partial charge is 0.306 e. The second-order valence-corrected chi connectivity index (χ2v) is 8.06. The van der Waals surface area contributed by atoms with E-state index < -0.39 is 0 Å². The normalized spacial score (nSPS) is 11.1. The Morgan fingerprint density at radius 2 is 1.76 bits per heavy atom. The lowest BCUT2D eigenvalue weighted by molar-refractivity contribution is 0.102. The second kappa shape index (κ2) is 8.80. The van der Waals surface area contributed by atoms with Crippen molar-refractivity contribution in [2.45, 2.75) is 25.0 Å². The molecule has 0 spiro atoms. The van der Waals surface area contributed by atoms with Crippen LogP contribution in [-0.2, 0) is 13.0 Å². The monoisotopic (exact) mass is 421 g/mol. The zero-order valence-electron chi connectivity index (χ0n) is 16.0. The van der Waals surface area contributed by atoms with E-state index in [1.807, 2.05) is 6.07 Å². The standard InChI is InChI=1S/C23H20ClN3OS/c1-2-27-22(14-18-8-5-7-16-6-3-4-9-20(16)18)25-26-23(27)29-15-21(28)17-10-12-19(24)13-11-17/h3-13H,2,14-15H2,1H3. The van der Waals surface area contributed by atoms with Crippen molar-refractivity contribution >= 4 is 39.9 Å². The van der Waals surface area contributed by atoms with E-state index >= 15 is 0 Å². The number of benzene rings is 3. The number of hydrogen-bond donors (Lipinski definition) is 0. The number of rotatable bonds is 7. The molecule has 3 aromatic carbocycles. The van der Waals surface area contributed by atoms with Crippen molar-refractivity contribution in [1.29, 1.82) is 0 Å². The van der Waals surface area contributed by atoms with Crippen LogP contribution in [-0.4, -0.2) is 26.3 Å². The van der Waals surface area contributed by atoms with Crippen molar-refractivity contribution in [3.63, 3.8) is 0 Å². The van der Waals surface area contributed by atoms with E-state index in [-0.39, 0.29) is 5.78 Å². The second-order valence-electron chi connectivity index (χ2n) is 6.68. The SMILES string of the molecule is CCn1c(Cc2cccc3ccccc23)nnc1SCC(=O)c1ccc(Cl)cc1. The van der Waals surface area contributed by atoms with E-state index in [1.165, 1.54) is 28.1 Å². The summed E-state index contributed by atoms with van der Waals surface area (Å²) in [4.78, 5) is 12.5. The molecular formula is C23H20ClN3OS. The number of thioether (sulfide) groups is 1. The zero-order valence-corrected chi connectivity index (χ0v) is 17.6. The number of nitrogens with zero attached hydrogens (tertiary/aromatic N) is 3. The van der Waals surface area contributed by atoms with Gasteiger partial charge >= 0.3 is 0 Å². The summed E-state index contributed by atoms with van der Waals surface area (Å²) in [5, 5.41) is 12.6. The van der Waals surface area contributed by atoms with Crippen LogP contribution < -0.4 is 0 Å². The molecule has 4 rings (SSSR count). The fourth-order valence-corrected chi connectivity index (χ4v) is 4.38. The average molecular weight is 422 g/mol. The topological polar surface area (TPSA) is 47.8 Å². The molecule has 0 bridgehead atoms. The lowest BCUT2D eigenvalue weighted by Gasteiger charge is -2.09.